The summed E-state index contributed by atoms with van der Waals surface area (Å²) in [7, 11) is 0. The van der Waals surface area contributed by atoms with Gasteiger partial charge in [-0.3, -0.25) is 0 Å². The largest absolute Gasteiger partial charge is 4.00 e. The summed E-state index contributed by atoms with van der Waals surface area (Å²) in [5.74, 6) is 0. The van der Waals surface area contributed by atoms with Crippen LogP contribution in [-0.2, 0) is 26.2 Å². The third kappa shape index (κ3) is 92.2. The van der Waals surface area contributed by atoms with E-state index in [0.717, 1.165) is 0 Å². The van der Waals surface area contributed by atoms with Gasteiger partial charge in [-0.1, -0.05) is 0 Å². The van der Waals surface area contributed by atoms with Gasteiger partial charge in [0.1, 0.15) is 0 Å². The van der Waals surface area contributed by atoms with Crippen LogP contribution in [0.5, 0.6) is 0 Å². The topological polar surface area (TPSA) is 43.1 Å². The van der Waals surface area contributed by atoms with Gasteiger partial charge >= 0.3 is 38.0 Å². The molecule has 0 radical (unpaired) electrons. The van der Waals surface area contributed by atoms with E-state index in [4.69, 9.17) is 10.1 Å². The first-order chi connectivity index (χ1) is 1.73. The normalized spacial score (nSPS) is 5.00. The van der Waals surface area contributed by atoms with E-state index in [0.29, 0.717) is 0 Å². The van der Waals surface area contributed by atoms with E-state index >= 15 is 0 Å². The van der Waals surface area contributed by atoms with Crippen LogP contribution in [0.1, 0.15) is 0 Å². The van der Waals surface area contributed by atoms with Gasteiger partial charge in [-0.2, -0.15) is 0 Å². The van der Waals surface area contributed by atoms with Crippen molar-refractivity contribution >= 4 is 11.8 Å². The summed E-state index contributed by atoms with van der Waals surface area (Å²) >= 11 is 4.00. The van der Waals surface area contributed by atoms with Crippen molar-refractivity contribution in [3.05, 3.63) is 10.1 Å². The molecule has 0 saturated heterocycles. The molecule has 0 aliphatic rings. The van der Waals surface area contributed by atoms with Crippen molar-refractivity contribution in [1.29, 1.82) is 0 Å². The van der Waals surface area contributed by atoms with Crippen LogP contribution in [0.3, 0.4) is 0 Å². The zero-order chi connectivity index (χ0) is 3.58. The molecule has 0 bridgehead atoms. The van der Waals surface area contributed by atoms with Crippen molar-refractivity contribution in [2.24, 2.45) is 0 Å². The molecule has 24 valence electrons. The van der Waals surface area contributed by atoms with Crippen LogP contribution in [0.25, 0.3) is 0 Å². The Kier molecular flexibility index (Phi) is 8.35. The molecule has 0 aliphatic carbocycles. The molecular weight excluding hydrogens is 173 g/mol. The van der Waals surface area contributed by atoms with Gasteiger partial charge in [0, 0.05) is 0 Å². The van der Waals surface area contributed by atoms with Crippen molar-refractivity contribution in [1.82, 2.24) is 0 Å². The zero-order valence-corrected chi connectivity index (χ0v) is 5.36. The molecule has 5 heteroatoms. The van der Waals surface area contributed by atoms with Gasteiger partial charge in [0.2, 0.25) is 0 Å². The van der Waals surface area contributed by atoms with Crippen LogP contribution in [0.15, 0.2) is 0 Å². The van der Waals surface area contributed by atoms with Gasteiger partial charge in [-0.15, -0.1) is 0 Å². The van der Waals surface area contributed by atoms with Crippen molar-refractivity contribution < 1.29 is 30.6 Å². The van der Waals surface area contributed by atoms with Crippen molar-refractivity contribution in [2.75, 3.05) is 0 Å². The maximum absolute atomic E-state index is 8.57. The Hall–Kier alpha value is 0.573. The predicted octanol–water partition coefficient (Wildman–Crippen LogP) is 0.414. The monoisotopic (exact) mass is 171 g/mol. The summed E-state index contributed by atoms with van der Waals surface area (Å²) in [6.45, 7) is 0. The summed E-state index contributed by atoms with van der Waals surface area (Å²) in [5, 5.41) is 8.57. The van der Waals surface area contributed by atoms with Gasteiger partial charge in [-0.05, 0) is 0 Å². The van der Waals surface area contributed by atoms with Gasteiger partial charge in [0.25, 0.3) is 0 Å². The minimum Gasteiger partial charge on any atom is -0.243 e. The fraction of sp³-hybridized carbons (Fsp3) is 0. The molecule has 0 N–H and O–H groups in total. The van der Waals surface area contributed by atoms with Crippen LogP contribution in [0, 0.1) is 10.1 Å². The first kappa shape index (κ1) is 9.13. The Labute approximate surface area is 52.7 Å². The predicted molar refractivity (Wildman–Crippen MR) is 12.8 cm³/mol. The summed E-state index contributed by atoms with van der Waals surface area (Å²) in [4.78, 5) is 8.57. The van der Waals surface area contributed by atoms with E-state index < -0.39 is 4.44 Å². The molecule has 0 unspecified atom stereocenters. The molecule has 0 rings (SSSR count). The second kappa shape index (κ2) is 4.57. The molecule has 5 heavy (non-hydrogen) atoms. The van der Waals surface area contributed by atoms with E-state index in [1.807, 2.05) is 0 Å². The summed E-state index contributed by atoms with van der Waals surface area (Å²) in [5.41, 5.74) is 0. The average Bonchev–Trinajstić information content (AvgIpc) is 0.811. The van der Waals surface area contributed by atoms with Crippen LogP contribution < -0.4 is 0 Å². The van der Waals surface area contributed by atoms with E-state index in [1.165, 1.54) is 0 Å². The molecule has 0 atom stereocenters. The molecule has 0 fully saturated rings. The summed E-state index contributed by atoms with van der Waals surface area (Å²) in [6, 6.07) is 0. The molecule has 0 spiro atoms. The molecule has 0 saturated carbocycles. The van der Waals surface area contributed by atoms with Crippen molar-refractivity contribution in [2.45, 2.75) is 0 Å². The second-order valence-corrected chi connectivity index (χ2v) is 0.489. The molecule has 0 amide bonds. The quantitative estimate of drug-likeness (QED) is 0.302. The second-order valence-electron chi connectivity index (χ2n) is 0.213. The Morgan fingerprint density at radius 1 is 1.80 bits per heavy atom. The van der Waals surface area contributed by atoms with E-state index in [1.54, 1.807) is 0 Å². The fourth-order valence-electron chi connectivity index (χ4n) is 0. The van der Waals surface area contributed by atoms with Gasteiger partial charge in [0.05, 0.1) is 0 Å². The third-order valence-electron chi connectivity index (χ3n) is 0. The zero-order valence-electron chi connectivity index (χ0n) is 2.14. The Morgan fingerprint density at radius 2 is 1.80 bits per heavy atom. The molecule has 3 nitrogen and oxygen atoms in total. The Morgan fingerprint density at radius 3 is 1.80 bits per heavy atom. The molecule has 0 aromatic heterocycles. The van der Waals surface area contributed by atoms with E-state index in [-0.39, 0.29) is 26.2 Å². The van der Waals surface area contributed by atoms with Gasteiger partial charge in [-0.25, -0.2) is 10.1 Å². The van der Waals surface area contributed by atoms with Crippen LogP contribution in [0.2, 0.25) is 0 Å². The molecule has 0 aromatic rings. The summed E-state index contributed by atoms with van der Waals surface area (Å²) in [6.07, 6.45) is 0. The number of hydrogen-bond acceptors (Lipinski definition) is 2. The van der Waals surface area contributed by atoms with Crippen LogP contribution in [-0.4, -0.2) is 4.44 Å². The van der Waals surface area contributed by atoms with Crippen LogP contribution >= 0.6 is 11.8 Å². The molecule has 0 aromatic carbocycles. The number of halogens is 1. The Bertz CT molecular complexity index is 32.6. The van der Waals surface area contributed by atoms with Gasteiger partial charge < -0.3 is 0 Å². The Balaban J connectivity index is 0. The molecule has 0 heterocycles. The third-order valence-corrected chi connectivity index (χ3v) is 0. The van der Waals surface area contributed by atoms with E-state index in [2.05, 4.69) is 11.8 Å². The fourth-order valence-corrected chi connectivity index (χ4v) is 0. The van der Waals surface area contributed by atoms with Gasteiger partial charge in [0.15, 0.2) is 4.44 Å². The molecular formula is ClNO2Zr+4. The maximum Gasteiger partial charge on any atom is 4.00 e. The summed E-state index contributed by atoms with van der Waals surface area (Å²) < 4.78 is -1.03. The van der Waals surface area contributed by atoms with E-state index in [9.17, 15) is 0 Å². The number of nitrogens with zero attached hydrogens (tertiary/aromatic N) is 1. The smallest absolute Gasteiger partial charge is 0.243 e. The number of nitro groups is 1. The van der Waals surface area contributed by atoms with Crippen molar-refractivity contribution in [3.8, 4) is 0 Å². The number of hydrogen-bond donors (Lipinski definition) is 0. The van der Waals surface area contributed by atoms with Crippen LogP contribution in [0.4, 0.5) is 0 Å². The average molecular weight is 173 g/mol. The number of rotatable bonds is 0. The first-order valence-electron chi connectivity index (χ1n) is 0.534. The minimum absolute atomic E-state index is 0. The van der Waals surface area contributed by atoms with Crippen molar-refractivity contribution in [3.63, 3.8) is 0 Å². The first-order valence-corrected chi connectivity index (χ1v) is 0.872. The minimum atomic E-state index is -1.03. The maximum atomic E-state index is 8.57. The molecule has 0 aliphatic heterocycles. The SMILES string of the molecule is O=[N+]([O-])Cl.[Zr+4]. The standard InChI is InChI=1S/ClNO2.Zr/c1-2(3)4;/q;+4.